The number of amides is 1. The Morgan fingerprint density at radius 1 is 1.26 bits per heavy atom. The molecular formula is C23H35IN6O. The van der Waals surface area contributed by atoms with E-state index in [9.17, 15) is 4.79 Å². The van der Waals surface area contributed by atoms with Gasteiger partial charge in [0, 0.05) is 44.8 Å². The van der Waals surface area contributed by atoms with Crippen molar-refractivity contribution >= 4 is 35.8 Å². The first-order chi connectivity index (χ1) is 14.6. The molecule has 1 aliphatic rings. The molecule has 0 saturated carbocycles. The summed E-state index contributed by atoms with van der Waals surface area (Å²) in [5.41, 5.74) is 3.41. The Bertz CT molecular complexity index is 851. The molecule has 8 heteroatoms. The van der Waals surface area contributed by atoms with Crippen LogP contribution in [0.5, 0.6) is 0 Å². The summed E-state index contributed by atoms with van der Waals surface area (Å²) in [5, 5.41) is 11.5. The molecule has 7 nitrogen and oxygen atoms in total. The van der Waals surface area contributed by atoms with Crippen molar-refractivity contribution in [2.45, 2.75) is 52.5 Å². The van der Waals surface area contributed by atoms with Gasteiger partial charge in [-0.3, -0.25) is 9.79 Å². The second-order valence-electron chi connectivity index (χ2n) is 7.71. The van der Waals surface area contributed by atoms with Crippen LogP contribution in [-0.2, 0) is 11.2 Å². The van der Waals surface area contributed by atoms with E-state index in [0.29, 0.717) is 6.42 Å². The Morgan fingerprint density at radius 2 is 2.03 bits per heavy atom. The molecule has 1 aromatic heterocycles. The van der Waals surface area contributed by atoms with E-state index in [1.165, 1.54) is 5.56 Å². The van der Waals surface area contributed by atoms with Gasteiger partial charge in [-0.05, 0) is 50.8 Å². The summed E-state index contributed by atoms with van der Waals surface area (Å²) in [6, 6.07) is 10.5. The summed E-state index contributed by atoms with van der Waals surface area (Å²) in [5.74, 6) is 1.07. The molecule has 1 aliphatic heterocycles. The van der Waals surface area contributed by atoms with Crippen LogP contribution in [0.2, 0.25) is 0 Å². The van der Waals surface area contributed by atoms with Crippen LogP contribution in [-0.4, -0.2) is 58.8 Å². The van der Waals surface area contributed by atoms with Crippen molar-refractivity contribution in [1.82, 2.24) is 25.3 Å². The lowest BCUT2D eigenvalue weighted by molar-refractivity contribution is -0.129. The van der Waals surface area contributed by atoms with E-state index in [-0.39, 0.29) is 35.9 Å². The van der Waals surface area contributed by atoms with Crippen molar-refractivity contribution in [3.8, 4) is 5.69 Å². The zero-order chi connectivity index (χ0) is 21.3. The molecule has 1 unspecified atom stereocenters. The van der Waals surface area contributed by atoms with Crippen LogP contribution in [0.15, 0.2) is 41.5 Å². The van der Waals surface area contributed by atoms with E-state index in [1.54, 1.807) is 0 Å². The summed E-state index contributed by atoms with van der Waals surface area (Å²) in [7, 11) is 0. The standard InChI is InChI=1S/C23H34N6O.HI/c1-4-22(30)28-15-13-20(17-28)26-23(24-5-2)25-14-9-10-19-16-29(27-18(19)3)21-11-7-6-8-12-21;/h6-8,11-12,16,20H,4-5,9-10,13-15,17H2,1-3H3,(H2,24,25,26);1H. The fraction of sp³-hybridized carbons (Fsp3) is 0.522. The lowest BCUT2D eigenvalue weighted by Gasteiger charge is -2.18. The molecule has 1 atom stereocenters. The van der Waals surface area contributed by atoms with Crippen molar-refractivity contribution in [3.05, 3.63) is 47.8 Å². The van der Waals surface area contributed by atoms with Gasteiger partial charge in [0.1, 0.15) is 0 Å². The van der Waals surface area contributed by atoms with Gasteiger partial charge in [-0.25, -0.2) is 4.68 Å². The third-order valence-electron chi connectivity index (χ3n) is 5.42. The number of halogens is 1. The summed E-state index contributed by atoms with van der Waals surface area (Å²) < 4.78 is 1.95. The molecule has 0 radical (unpaired) electrons. The predicted octanol–water partition coefficient (Wildman–Crippen LogP) is 3.30. The summed E-state index contributed by atoms with van der Waals surface area (Å²) in [6.45, 7) is 9.20. The van der Waals surface area contributed by atoms with Gasteiger partial charge >= 0.3 is 0 Å². The van der Waals surface area contributed by atoms with Gasteiger partial charge in [0.25, 0.3) is 0 Å². The largest absolute Gasteiger partial charge is 0.357 e. The topological polar surface area (TPSA) is 74.6 Å². The number of guanidine groups is 1. The number of rotatable bonds is 8. The molecular weight excluding hydrogens is 503 g/mol. The van der Waals surface area contributed by atoms with E-state index in [0.717, 1.165) is 62.8 Å². The van der Waals surface area contributed by atoms with Crippen LogP contribution in [0.3, 0.4) is 0 Å². The smallest absolute Gasteiger partial charge is 0.222 e. The van der Waals surface area contributed by atoms with Gasteiger partial charge in [-0.2, -0.15) is 5.10 Å². The first-order valence-corrected chi connectivity index (χ1v) is 11.0. The van der Waals surface area contributed by atoms with Gasteiger partial charge in [0.15, 0.2) is 5.96 Å². The fourth-order valence-electron chi connectivity index (χ4n) is 3.76. The minimum Gasteiger partial charge on any atom is -0.357 e. The average Bonchev–Trinajstić information content (AvgIpc) is 3.38. The van der Waals surface area contributed by atoms with Crippen molar-refractivity contribution in [2.75, 3.05) is 26.2 Å². The van der Waals surface area contributed by atoms with Crippen molar-refractivity contribution in [3.63, 3.8) is 0 Å². The Kier molecular flexibility index (Phi) is 10.3. The minimum absolute atomic E-state index is 0. The molecule has 2 aromatic rings. The highest BCUT2D eigenvalue weighted by Crippen LogP contribution is 2.14. The Hall–Kier alpha value is -2.10. The first-order valence-electron chi connectivity index (χ1n) is 11.0. The summed E-state index contributed by atoms with van der Waals surface area (Å²) in [6.07, 6.45) is 5.57. The lowest BCUT2D eigenvalue weighted by Crippen LogP contribution is -2.45. The summed E-state index contributed by atoms with van der Waals surface area (Å²) in [4.78, 5) is 18.6. The zero-order valence-corrected chi connectivity index (χ0v) is 21.1. The molecule has 170 valence electrons. The maximum Gasteiger partial charge on any atom is 0.222 e. The number of nitrogens with zero attached hydrogens (tertiary/aromatic N) is 4. The molecule has 1 aromatic carbocycles. The van der Waals surface area contributed by atoms with Gasteiger partial charge in [-0.15, -0.1) is 24.0 Å². The number of nitrogens with one attached hydrogen (secondary N) is 2. The molecule has 1 amide bonds. The number of benzene rings is 1. The minimum atomic E-state index is 0. The van der Waals surface area contributed by atoms with E-state index in [2.05, 4.69) is 47.9 Å². The molecule has 31 heavy (non-hydrogen) atoms. The number of aryl methyl sites for hydroxylation is 2. The van der Waals surface area contributed by atoms with Gasteiger partial charge in [0.05, 0.1) is 11.4 Å². The number of aromatic nitrogens is 2. The molecule has 0 aliphatic carbocycles. The zero-order valence-electron chi connectivity index (χ0n) is 18.8. The quantitative estimate of drug-likeness (QED) is 0.234. The SMILES string of the molecule is CCNC(=NCCCc1cn(-c2ccccc2)nc1C)NC1CCN(C(=O)CC)C1.I. The third kappa shape index (κ3) is 7.22. The second-order valence-corrected chi connectivity index (χ2v) is 7.71. The maximum absolute atomic E-state index is 11.9. The highest BCUT2D eigenvalue weighted by molar-refractivity contribution is 14.0. The third-order valence-corrected chi connectivity index (χ3v) is 5.42. The molecule has 0 spiro atoms. The number of hydrogen-bond acceptors (Lipinski definition) is 3. The lowest BCUT2D eigenvalue weighted by atomic mass is 10.1. The number of carbonyl (C=O) groups excluding carboxylic acids is 1. The Labute approximate surface area is 202 Å². The van der Waals surface area contributed by atoms with E-state index >= 15 is 0 Å². The van der Waals surface area contributed by atoms with Crippen LogP contribution in [0.4, 0.5) is 0 Å². The van der Waals surface area contributed by atoms with Crippen LogP contribution in [0.25, 0.3) is 5.69 Å². The number of para-hydroxylation sites is 1. The van der Waals surface area contributed by atoms with Crippen molar-refractivity contribution < 1.29 is 4.79 Å². The van der Waals surface area contributed by atoms with E-state index in [4.69, 9.17) is 4.99 Å². The number of likely N-dealkylation sites (tertiary alicyclic amines) is 1. The van der Waals surface area contributed by atoms with E-state index in [1.807, 2.05) is 34.7 Å². The van der Waals surface area contributed by atoms with Crippen molar-refractivity contribution in [2.24, 2.45) is 4.99 Å². The molecule has 2 heterocycles. The second kappa shape index (κ2) is 12.7. The highest BCUT2D eigenvalue weighted by Gasteiger charge is 2.25. The molecule has 0 bridgehead atoms. The molecule has 1 saturated heterocycles. The average molecular weight is 538 g/mol. The van der Waals surface area contributed by atoms with Crippen LogP contribution >= 0.6 is 24.0 Å². The molecule has 2 N–H and O–H groups in total. The van der Waals surface area contributed by atoms with Crippen molar-refractivity contribution in [1.29, 1.82) is 0 Å². The summed E-state index contributed by atoms with van der Waals surface area (Å²) >= 11 is 0. The first kappa shape index (κ1) is 25.2. The van der Waals surface area contributed by atoms with Gasteiger partial charge in [0.2, 0.25) is 5.91 Å². The Balaban J connectivity index is 0.00000341. The molecule has 3 rings (SSSR count). The highest BCUT2D eigenvalue weighted by atomic mass is 127. The molecule has 1 fully saturated rings. The van der Waals surface area contributed by atoms with E-state index < -0.39 is 0 Å². The maximum atomic E-state index is 11.9. The fourth-order valence-corrected chi connectivity index (χ4v) is 3.76. The monoisotopic (exact) mass is 538 g/mol. The number of aliphatic imine (C=N–C) groups is 1. The number of carbonyl (C=O) groups is 1. The number of hydrogen-bond donors (Lipinski definition) is 2. The normalized spacial score (nSPS) is 16.2. The van der Waals surface area contributed by atoms with Gasteiger partial charge < -0.3 is 15.5 Å². The van der Waals surface area contributed by atoms with Crippen LogP contribution in [0.1, 0.15) is 44.4 Å². The van der Waals surface area contributed by atoms with Crippen LogP contribution in [0, 0.1) is 6.92 Å². The predicted molar refractivity (Wildman–Crippen MR) is 136 cm³/mol. The Morgan fingerprint density at radius 3 is 2.74 bits per heavy atom. The van der Waals surface area contributed by atoms with Gasteiger partial charge in [-0.1, -0.05) is 25.1 Å². The van der Waals surface area contributed by atoms with Crippen LogP contribution < -0.4 is 10.6 Å².